The number of benzene rings is 1. The van der Waals surface area contributed by atoms with Crippen molar-refractivity contribution < 1.29 is 4.74 Å². The van der Waals surface area contributed by atoms with Gasteiger partial charge in [-0.2, -0.15) is 5.26 Å². The van der Waals surface area contributed by atoms with Crippen molar-refractivity contribution >= 4 is 0 Å². The van der Waals surface area contributed by atoms with Crippen LogP contribution in [-0.4, -0.2) is 16.7 Å². The predicted molar refractivity (Wildman–Crippen MR) is 64.6 cm³/mol. The maximum absolute atomic E-state index is 9.08. The summed E-state index contributed by atoms with van der Waals surface area (Å²) in [5.74, 6) is 0.836. The normalized spacial score (nSPS) is 10.0. The van der Waals surface area contributed by atoms with Crippen LogP contribution in [0.25, 0.3) is 11.3 Å². The lowest BCUT2D eigenvalue weighted by Crippen LogP contribution is -1.92. The van der Waals surface area contributed by atoms with E-state index in [4.69, 9.17) is 10.00 Å². The molecule has 2 rings (SSSR count). The van der Waals surface area contributed by atoms with Crippen molar-refractivity contribution in [2.24, 2.45) is 7.05 Å². The Labute approximate surface area is 100 Å². The van der Waals surface area contributed by atoms with Crippen LogP contribution >= 0.6 is 0 Å². The summed E-state index contributed by atoms with van der Waals surface area (Å²) in [5.41, 5.74) is 3.23. The highest BCUT2D eigenvalue weighted by molar-refractivity contribution is 5.66. The average Bonchev–Trinajstić information content (AvgIpc) is 2.70. The summed E-state index contributed by atoms with van der Waals surface area (Å²) in [6, 6.07) is 7.93. The number of hydrogen-bond acceptors (Lipinski definition) is 3. The Morgan fingerprint density at radius 2 is 2.18 bits per heavy atom. The largest absolute Gasteiger partial charge is 0.496 e. The van der Waals surface area contributed by atoms with Gasteiger partial charge < -0.3 is 9.30 Å². The summed E-state index contributed by atoms with van der Waals surface area (Å²) >= 11 is 0. The Bertz CT molecular complexity index is 593. The van der Waals surface area contributed by atoms with E-state index >= 15 is 0 Å². The molecule has 1 aromatic carbocycles. The summed E-state index contributed by atoms with van der Waals surface area (Å²) in [5, 5.41) is 9.08. The summed E-state index contributed by atoms with van der Waals surface area (Å²) in [6.07, 6.45) is 1.65. The molecule has 0 radical (unpaired) electrons. The van der Waals surface area contributed by atoms with Crippen molar-refractivity contribution in [2.45, 2.75) is 6.92 Å². The number of hydrogen-bond donors (Lipinski definition) is 0. The molecule has 0 saturated heterocycles. The van der Waals surface area contributed by atoms with Gasteiger partial charge in [0, 0.05) is 12.6 Å². The molecule has 1 heterocycles. The van der Waals surface area contributed by atoms with E-state index in [0.29, 0.717) is 11.4 Å². The lowest BCUT2D eigenvalue weighted by Gasteiger charge is -2.06. The van der Waals surface area contributed by atoms with Gasteiger partial charge in [0.15, 0.2) is 0 Å². The topological polar surface area (TPSA) is 50.8 Å². The minimum absolute atomic E-state index is 0.564. The SMILES string of the molecule is COc1ccc(-c2ncn(C)c2C#N)cc1C. The van der Waals surface area contributed by atoms with Crippen LogP contribution in [0.3, 0.4) is 0 Å². The third-order valence-corrected chi connectivity index (χ3v) is 2.71. The van der Waals surface area contributed by atoms with Crippen molar-refractivity contribution in [3.8, 4) is 23.1 Å². The molecule has 86 valence electrons. The first-order chi connectivity index (χ1) is 8.17. The van der Waals surface area contributed by atoms with Gasteiger partial charge in [-0.3, -0.25) is 0 Å². The number of aromatic nitrogens is 2. The van der Waals surface area contributed by atoms with Crippen LogP contribution < -0.4 is 4.74 Å². The highest BCUT2D eigenvalue weighted by Gasteiger charge is 2.11. The summed E-state index contributed by atoms with van der Waals surface area (Å²) < 4.78 is 6.92. The minimum atomic E-state index is 0.564. The van der Waals surface area contributed by atoms with Gasteiger partial charge in [0.2, 0.25) is 0 Å². The van der Waals surface area contributed by atoms with Gasteiger partial charge in [0.25, 0.3) is 0 Å². The standard InChI is InChI=1S/C13H13N3O/c1-9-6-10(4-5-12(9)17-3)13-11(7-14)16(2)8-15-13/h4-6,8H,1-3H3. The van der Waals surface area contributed by atoms with Crippen molar-refractivity contribution in [2.75, 3.05) is 7.11 Å². The van der Waals surface area contributed by atoms with Gasteiger partial charge in [-0.15, -0.1) is 0 Å². The average molecular weight is 227 g/mol. The third-order valence-electron chi connectivity index (χ3n) is 2.71. The molecule has 0 unspecified atom stereocenters. The molecule has 0 amide bonds. The van der Waals surface area contributed by atoms with Crippen LogP contribution in [0.4, 0.5) is 0 Å². The molecule has 0 spiro atoms. The van der Waals surface area contributed by atoms with E-state index in [9.17, 15) is 0 Å². The summed E-state index contributed by atoms with van der Waals surface area (Å²) in [6.45, 7) is 1.97. The Morgan fingerprint density at radius 3 is 2.76 bits per heavy atom. The van der Waals surface area contributed by atoms with E-state index < -0.39 is 0 Å². The molecule has 0 aliphatic carbocycles. The number of nitriles is 1. The number of methoxy groups -OCH3 is 1. The molecule has 0 N–H and O–H groups in total. The maximum atomic E-state index is 9.08. The molecule has 0 aliphatic rings. The van der Waals surface area contributed by atoms with Gasteiger partial charge in [-0.1, -0.05) is 0 Å². The second-order valence-electron chi connectivity index (χ2n) is 3.85. The van der Waals surface area contributed by atoms with Crippen molar-refractivity contribution in [3.63, 3.8) is 0 Å². The molecule has 0 fully saturated rings. The molecule has 1 aromatic heterocycles. The van der Waals surface area contributed by atoms with Gasteiger partial charge in [-0.05, 0) is 30.7 Å². The summed E-state index contributed by atoms with van der Waals surface area (Å²) in [7, 11) is 3.45. The Balaban J connectivity index is 2.54. The van der Waals surface area contributed by atoms with Crippen LogP contribution in [0, 0.1) is 18.3 Å². The first kappa shape index (κ1) is 11.2. The molecular weight excluding hydrogens is 214 g/mol. The first-order valence-electron chi connectivity index (χ1n) is 5.23. The second-order valence-corrected chi connectivity index (χ2v) is 3.85. The number of aryl methyl sites for hydroxylation is 2. The molecule has 0 saturated carbocycles. The van der Waals surface area contributed by atoms with Crippen LogP contribution in [-0.2, 0) is 7.05 Å². The number of nitrogens with zero attached hydrogens (tertiary/aromatic N) is 3. The predicted octanol–water partition coefficient (Wildman–Crippen LogP) is 2.28. The zero-order valence-corrected chi connectivity index (χ0v) is 10.1. The molecule has 0 bridgehead atoms. The van der Waals surface area contributed by atoms with Gasteiger partial charge in [0.05, 0.1) is 13.4 Å². The summed E-state index contributed by atoms with van der Waals surface area (Å²) in [4.78, 5) is 4.25. The number of imidazole rings is 1. The highest BCUT2D eigenvalue weighted by Crippen LogP contribution is 2.26. The van der Waals surface area contributed by atoms with Crippen LogP contribution in [0.2, 0.25) is 0 Å². The van der Waals surface area contributed by atoms with E-state index in [1.165, 1.54) is 0 Å². The molecular formula is C13H13N3O. The smallest absolute Gasteiger partial charge is 0.147 e. The zero-order chi connectivity index (χ0) is 12.4. The maximum Gasteiger partial charge on any atom is 0.147 e. The zero-order valence-electron chi connectivity index (χ0n) is 10.1. The van der Waals surface area contributed by atoms with Gasteiger partial charge in [0.1, 0.15) is 23.2 Å². The fraction of sp³-hybridized carbons (Fsp3) is 0.231. The quantitative estimate of drug-likeness (QED) is 0.790. The van der Waals surface area contributed by atoms with Crippen LogP contribution in [0.5, 0.6) is 5.75 Å². The van der Waals surface area contributed by atoms with Crippen LogP contribution in [0.1, 0.15) is 11.3 Å². The van der Waals surface area contributed by atoms with E-state index in [1.54, 1.807) is 18.0 Å². The minimum Gasteiger partial charge on any atom is -0.496 e. The lowest BCUT2D eigenvalue weighted by atomic mass is 10.1. The van der Waals surface area contributed by atoms with Gasteiger partial charge in [-0.25, -0.2) is 4.98 Å². The van der Waals surface area contributed by atoms with E-state index in [0.717, 1.165) is 16.9 Å². The fourth-order valence-corrected chi connectivity index (χ4v) is 1.80. The number of rotatable bonds is 2. The molecule has 0 atom stereocenters. The monoisotopic (exact) mass is 227 g/mol. The second kappa shape index (κ2) is 4.30. The van der Waals surface area contributed by atoms with E-state index in [-0.39, 0.29) is 0 Å². The van der Waals surface area contributed by atoms with Crippen molar-refractivity contribution in [1.29, 1.82) is 5.26 Å². The molecule has 4 heteroatoms. The molecule has 17 heavy (non-hydrogen) atoms. The van der Waals surface area contributed by atoms with Crippen molar-refractivity contribution in [1.82, 2.24) is 9.55 Å². The Kier molecular flexibility index (Phi) is 2.84. The Hall–Kier alpha value is -2.28. The lowest BCUT2D eigenvalue weighted by molar-refractivity contribution is 0.412. The van der Waals surface area contributed by atoms with E-state index in [2.05, 4.69) is 11.1 Å². The highest BCUT2D eigenvalue weighted by atomic mass is 16.5. The third kappa shape index (κ3) is 1.87. The molecule has 4 nitrogen and oxygen atoms in total. The van der Waals surface area contributed by atoms with Crippen LogP contribution in [0.15, 0.2) is 24.5 Å². The van der Waals surface area contributed by atoms with Gasteiger partial charge >= 0.3 is 0 Å². The fourth-order valence-electron chi connectivity index (χ4n) is 1.80. The Morgan fingerprint density at radius 1 is 1.41 bits per heavy atom. The number of ether oxygens (including phenoxy) is 1. The molecule has 0 aliphatic heterocycles. The van der Waals surface area contributed by atoms with Crippen molar-refractivity contribution in [3.05, 3.63) is 35.8 Å². The first-order valence-corrected chi connectivity index (χ1v) is 5.23. The van der Waals surface area contributed by atoms with E-state index in [1.807, 2.05) is 32.2 Å². The molecule has 2 aromatic rings.